The van der Waals surface area contributed by atoms with Crippen molar-refractivity contribution in [2.45, 2.75) is 0 Å². The van der Waals surface area contributed by atoms with Crippen LogP contribution in [0.1, 0.15) is 0 Å². The Morgan fingerprint density at radius 1 is 0.293 bits per heavy atom. The standard InChI is InChI=1S/C53H31N5/c1-4-12-32(13-5-1)35-22-23-37-31-38(25-24-36(37)30-35)52-54-51(34-14-6-2-7-15-34)55-53(56-52)58-43-21-11-19-41-40-18-10-20-42-47(40)49-44(57(42)39-16-8-3-9-17-39)28-26-33-27-29-45(58)50(46(33)49)48(41)43/h1-31H. The smallest absolute Gasteiger partial charge is 0.238 e. The first-order valence-electron chi connectivity index (χ1n) is 19.7. The fourth-order valence-electron chi connectivity index (χ4n) is 9.54. The molecule has 0 fully saturated rings. The van der Waals surface area contributed by atoms with Crippen molar-refractivity contribution in [2.24, 2.45) is 0 Å². The molecule has 3 heterocycles. The van der Waals surface area contributed by atoms with Gasteiger partial charge in [-0.2, -0.15) is 9.97 Å². The van der Waals surface area contributed by atoms with E-state index < -0.39 is 0 Å². The van der Waals surface area contributed by atoms with Gasteiger partial charge in [-0.15, -0.1) is 0 Å². The lowest BCUT2D eigenvalue weighted by Gasteiger charge is -2.12. The van der Waals surface area contributed by atoms with Crippen molar-refractivity contribution in [3.05, 3.63) is 188 Å². The molecule has 0 amide bonds. The Morgan fingerprint density at radius 3 is 1.45 bits per heavy atom. The van der Waals surface area contributed by atoms with Crippen LogP contribution in [0.2, 0.25) is 0 Å². The van der Waals surface area contributed by atoms with E-state index in [2.05, 4.69) is 179 Å². The number of fused-ring (bicyclic) bond motifs is 2. The molecule has 13 rings (SSSR count). The van der Waals surface area contributed by atoms with Gasteiger partial charge in [0, 0.05) is 43.7 Å². The minimum atomic E-state index is 0.591. The molecule has 3 aromatic heterocycles. The molecule has 0 radical (unpaired) electrons. The lowest BCUT2D eigenvalue weighted by Crippen LogP contribution is -2.06. The second-order valence-corrected chi connectivity index (χ2v) is 15.2. The molecular formula is C53H31N5. The van der Waals surface area contributed by atoms with Crippen LogP contribution in [0.15, 0.2) is 188 Å². The zero-order valence-corrected chi connectivity index (χ0v) is 31.1. The number of para-hydroxylation sites is 1. The van der Waals surface area contributed by atoms with Crippen LogP contribution in [-0.2, 0) is 0 Å². The monoisotopic (exact) mass is 737 g/mol. The second-order valence-electron chi connectivity index (χ2n) is 15.2. The molecule has 1 aliphatic rings. The highest BCUT2D eigenvalue weighted by atomic mass is 15.2. The summed E-state index contributed by atoms with van der Waals surface area (Å²) in [5.74, 6) is 1.85. The Morgan fingerprint density at radius 2 is 0.793 bits per heavy atom. The molecule has 58 heavy (non-hydrogen) atoms. The molecule has 268 valence electrons. The van der Waals surface area contributed by atoms with E-state index in [0.29, 0.717) is 17.6 Å². The first kappa shape index (κ1) is 31.3. The van der Waals surface area contributed by atoms with E-state index in [0.717, 1.165) is 33.2 Å². The van der Waals surface area contributed by atoms with Gasteiger partial charge in [-0.05, 0) is 86.9 Å². The molecule has 0 bridgehead atoms. The maximum Gasteiger partial charge on any atom is 0.238 e. The van der Waals surface area contributed by atoms with Gasteiger partial charge < -0.3 is 4.57 Å². The summed E-state index contributed by atoms with van der Waals surface area (Å²) in [6.07, 6.45) is 0. The Labute approximate surface area is 332 Å². The molecule has 9 aromatic carbocycles. The predicted octanol–water partition coefficient (Wildman–Crippen LogP) is 13.4. The van der Waals surface area contributed by atoms with Crippen LogP contribution in [0, 0.1) is 0 Å². The molecule has 0 spiro atoms. The van der Waals surface area contributed by atoms with Crippen LogP contribution in [0.3, 0.4) is 0 Å². The molecule has 5 heteroatoms. The molecule has 0 saturated heterocycles. The number of nitrogens with zero attached hydrogens (tertiary/aromatic N) is 5. The third kappa shape index (κ3) is 4.38. The Balaban J connectivity index is 1.10. The summed E-state index contributed by atoms with van der Waals surface area (Å²) in [6.45, 7) is 0. The fraction of sp³-hybridized carbons (Fsp3) is 0. The first-order valence-corrected chi connectivity index (χ1v) is 19.7. The van der Waals surface area contributed by atoms with Gasteiger partial charge in [0.2, 0.25) is 5.95 Å². The van der Waals surface area contributed by atoms with E-state index in [-0.39, 0.29) is 0 Å². The number of rotatable bonds is 5. The van der Waals surface area contributed by atoms with Crippen LogP contribution in [0.25, 0.3) is 122 Å². The number of hydrogen-bond donors (Lipinski definition) is 0. The van der Waals surface area contributed by atoms with Crippen LogP contribution in [0.5, 0.6) is 0 Å². The highest BCUT2D eigenvalue weighted by Gasteiger charge is 2.28. The van der Waals surface area contributed by atoms with Gasteiger partial charge in [0.1, 0.15) is 0 Å². The number of benzene rings is 9. The van der Waals surface area contributed by atoms with Crippen molar-refractivity contribution >= 4 is 65.2 Å². The third-order valence-corrected chi connectivity index (χ3v) is 12.1. The summed E-state index contributed by atoms with van der Waals surface area (Å²) in [5.41, 5.74) is 12.4. The molecular weight excluding hydrogens is 707 g/mol. The molecule has 0 unspecified atom stereocenters. The van der Waals surface area contributed by atoms with E-state index in [1.54, 1.807) is 0 Å². The van der Waals surface area contributed by atoms with E-state index in [4.69, 9.17) is 15.0 Å². The second kappa shape index (κ2) is 11.8. The van der Waals surface area contributed by atoms with Crippen molar-refractivity contribution in [3.63, 3.8) is 0 Å². The Bertz CT molecular complexity index is 3660. The lowest BCUT2D eigenvalue weighted by atomic mass is 9.98. The van der Waals surface area contributed by atoms with Gasteiger partial charge in [0.25, 0.3) is 0 Å². The zero-order chi connectivity index (χ0) is 37.9. The Kier molecular flexibility index (Phi) is 6.38. The molecule has 1 aliphatic carbocycles. The highest BCUT2D eigenvalue weighted by molar-refractivity contribution is 6.38. The van der Waals surface area contributed by atoms with Crippen molar-refractivity contribution < 1.29 is 0 Å². The summed E-state index contributed by atoms with van der Waals surface area (Å²) in [6, 6.07) is 67.1. The van der Waals surface area contributed by atoms with Crippen LogP contribution < -0.4 is 0 Å². The average molecular weight is 738 g/mol. The van der Waals surface area contributed by atoms with Gasteiger partial charge in [-0.1, -0.05) is 140 Å². The minimum Gasteiger partial charge on any atom is -0.309 e. The van der Waals surface area contributed by atoms with E-state index in [1.165, 1.54) is 71.0 Å². The van der Waals surface area contributed by atoms with Gasteiger partial charge in [-0.3, -0.25) is 4.57 Å². The fourth-order valence-corrected chi connectivity index (χ4v) is 9.54. The van der Waals surface area contributed by atoms with Crippen LogP contribution in [0.4, 0.5) is 0 Å². The summed E-state index contributed by atoms with van der Waals surface area (Å²) >= 11 is 0. The largest absolute Gasteiger partial charge is 0.309 e. The predicted molar refractivity (Wildman–Crippen MR) is 239 cm³/mol. The molecule has 5 nitrogen and oxygen atoms in total. The van der Waals surface area contributed by atoms with Gasteiger partial charge in [0.15, 0.2) is 11.6 Å². The van der Waals surface area contributed by atoms with E-state index in [9.17, 15) is 0 Å². The third-order valence-electron chi connectivity index (χ3n) is 12.1. The van der Waals surface area contributed by atoms with Crippen LogP contribution >= 0.6 is 0 Å². The number of hydrogen-bond acceptors (Lipinski definition) is 3. The summed E-state index contributed by atoms with van der Waals surface area (Å²) < 4.78 is 4.68. The maximum atomic E-state index is 5.35. The van der Waals surface area contributed by atoms with Crippen molar-refractivity contribution in [2.75, 3.05) is 0 Å². The summed E-state index contributed by atoms with van der Waals surface area (Å²) in [7, 11) is 0. The topological polar surface area (TPSA) is 48.5 Å². The normalized spacial score (nSPS) is 12.1. The van der Waals surface area contributed by atoms with E-state index in [1.807, 2.05) is 18.2 Å². The number of aromatic nitrogens is 5. The van der Waals surface area contributed by atoms with Crippen LogP contribution in [-0.4, -0.2) is 24.1 Å². The summed E-state index contributed by atoms with van der Waals surface area (Å²) in [4.78, 5) is 15.8. The Hall–Kier alpha value is -7.89. The summed E-state index contributed by atoms with van der Waals surface area (Å²) in [5, 5.41) is 9.78. The molecule has 0 N–H and O–H groups in total. The van der Waals surface area contributed by atoms with Gasteiger partial charge >= 0.3 is 0 Å². The van der Waals surface area contributed by atoms with Crippen molar-refractivity contribution in [3.8, 4) is 56.7 Å². The average Bonchev–Trinajstić information content (AvgIpc) is 3.78. The van der Waals surface area contributed by atoms with Gasteiger partial charge in [0.05, 0.1) is 22.1 Å². The first-order chi connectivity index (χ1) is 28.8. The molecule has 0 aliphatic heterocycles. The zero-order valence-electron chi connectivity index (χ0n) is 31.1. The molecule has 12 aromatic rings. The lowest BCUT2D eigenvalue weighted by molar-refractivity contribution is 0.954. The quantitative estimate of drug-likeness (QED) is 0.177. The van der Waals surface area contributed by atoms with E-state index >= 15 is 0 Å². The molecule has 0 saturated carbocycles. The van der Waals surface area contributed by atoms with Crippen molar-refractivity contribution in [1.29, 1.82) is 0 Å². The highest BCUT2D eigenvalue weighted by Crippen LogP contribution is 2.51. The van der Waals surface area contributed by atoms with Crippen molar-refractivity contribution in [1.82, 2.24) is 24.1 Å². The SMILES string of the molecule is c1ccc(-c2ccc3cc(-c4nc(-c5ccccc5)nc(-n5c6cccc7c6c6c8c(ccc9c8c8c-7cccc8n9-c7ccccc7)ccc65)n4)ccc3c2)cc1. The molecule has 0 atom stereocenters. The maximum absolute atomic E-state index is 5.35. The van der Waals surface area contributed by atoms with Gasteiger partial charge in [-0.25, -0.2) is 4.98 Å². The minimum absolute atomic E-state index is 0.591.